The molecule has 2 rings (SSSR count). The molecule has 0 amide bonds. The Kier molecular flexibility index (Phi) is 4.23. The van der Waals surface area contributed by atoms with Crippen LogP contribution in [0.4, 0.5) is 11.4 Å². The third kappa shape index (κ3) is 2.28. The van der Waals surface area contributed by atoms with Crippen molar-refractivity contribution < 1.29 is 15.0 Å². The molecule has 1 N–H and O–H groups in total. The molecule has 7 nitrogen and oxygen atoms in total. The van der Waals surface area contributed by atoms with Crippen LogP contribution in [0.2, 0.25) is 0 Å². The number of nitro benzene ring substituents is 2. The Balaban J connectivity index is 0.00000162. The molecule has 0 aromatic heterocycles. The van der Waals surface area contributed by atoms with Crippen LogP contribution in [0.15, 0.2) is 30.3 Å². The Morgan fingerprint density at radius 2 is 1.44 bits per heavy atom. The number of fused-ring (bicyclic) bond motifs is 1. The van der Waals surface area contributed by atoms with Gasteiger partial charge in [-0.2, -0.15) is 0 Å². The molecule has 0 atom stereocenters. The minimum absolute atomic E-state index is 0. The van der Waals surface area contributed by atoms with Gasteiger partial charge in [-0.05, 0) is 6.07 Å². The fraction of sp³-hybridized carbons (Fsp3) is 0. The molecule has 18 heavy (non-hydrogen) atoms. The van der Waals surface area contributed by atoms with Crippen molar-refractivity contribution in [1.82, 2.24) is 0 Å². The first-order chi connectivity index (χ1) is 8.02. The van der Waals surface area contributed by atoms with Gasteiger partial charge in [0, 0.05) is 5.39 Å². The zero-order valence-electron chi connectivity index (χ0n) is 8.36. The number of hydrogen-bond acceptors (Lipinski definition) is 5. The summed E-state index contributed by atoms with van der Waals surface area (Å²) in [6.45, 7) is 0. The number of phenols is 1. The molecule has 0 radical (unpaired) electrons. The van der Waals surface area contributed by atoms with Crippen LogP contribution in [0, 0.1) is 20.2 Å². The van der Waals surface area contributed by atoms with E-state index in [0.717, 1.165) is 6.07 Å². The topological polar surface area (TPSA) is 107 Å². The second kappa shape index (κ2) is 5.30. The van der Waals surface area contributed by atoms with E-state index >= 15 is 0 Å². The van der Waals surface area contributed by atoms with Gasteiger partial charge >= 0.3 is 35.2 Å². The molecule has 0 saturated carbocycles. The van der Waals surface area contributed by atoms with Gasteiger partial charge in [-0.1, -0.05) is 18.2 Å². The van der Waals surface area contributed by atoms with Gasteiger partial charge in [-0.15, -0.1) is 0 Å². The summed E-state index contributed by atoms with van der Waals surface area (Å²) >= 11 is 0. The summed E-state index contributed by atoms with van der Waals surface area (Å²) in [7, 11) is 0. The molecule has 0 fully saturated rings. The molecule has 8 heteroatoms. The van der Waals surface area contributed by atoms with E-state index in [0.29, 0.717) is 0 Å². The van der Waals surface area contributed by atoms with Gasteiger partial charge < -0.3 is 5.11 Å². The van der Waals surface area contributed by atoms with Crippen molar-refractivity contribution in [2.45, 2.75) is 0 Å². The van der Waals surface area contributed by atoms with Crippen LogP contribution in [0.3, 0.4) is 0 Å². The average molecular weight is 258 g/mol. The third-order valence-corrected chi connectivity index (χ3v) is 2.37. The van der Waals surface area contributed by atoms with E-state index in [1.165, 1.54) is 18.2 Å². The molecule has 0 bridgehead atoms. The summed E-state index contributed by atoms with van der Waals surface area (Å²) < 4.78 is 0. The molecule has 2 aromatic rings. The summed E-state index contributed by atoms with van der Waals surface area (Å²) in [6, 6.07) is 6.68. The van der Waals surface area contributed by atoms with Crippen molar-refractivity contribution in [1.29, 1.82) is 0 Å². The minimum atomic E-state index is -0.852. The summed E-state index contributed by atoms with van der Waals surface area (Å²) in [5.74, 6) is -0.559. The summed E-state index contributed by atoms with van der Waals surface area (Å²) in [6.07, 6.45) is 0. The van der Waals surface area contributed by atoms with Gasteiger partial charge in [0.1, 0.15) is 0 Å². The second-order valence-electron chi connectivity index (χ2n) is 3.32. The number of non-ortho nitro benzene ring substituents is 1. The van der Waals surface area contributed by atoms with E-state index < -0.39 is 27.0 Å². The van der Waals surface area contributed by atoms with Crippen molar-refractivity contribution in [2.24, 2.45) is 0 Å². The van der Waals surface area contributed by atoms with E-state index in [1.807, 2.05) is 0 Å². The van der Waals surface area contributed by atoms with Crippen LogP contribution in [0.1, 0.15) is 0 Å². The van der Waals surface area contributed by atoms with E-state index in [9.17, 15) is 25.3 Å². The van der Waals surface area contributed by atoms with Gasteiger partial charge in [-0.3, -0.25) is 20.2 Å². The molecule has 2 aromatic carbocycles. The predicted molar refractivity (Wildman–Crippen MR) is 66.1 cm³/mol. The zero-order valence-corrected chi connectivity index (χ0v) is 8.36. The van der Waals surface area contributed by atoms with Gasteiger partial charge in [0.2, 0.25) is 5.75 Å². The SMILES string of the molecule is O=[N+]([O-])c1cc([N+](=O)[O-])c2ccccc2c1O.[NaH]. The van der Waals surface area contributed by atoms with Gasteiger partial charge in [-0.25, -0.2) is 0 Å². The number of rotatable bonds is 2. The molecule has 0 aliphatic rings. The third-order valence-electron chi connectivity index (χ3n) is 2.37. The Labute approximate surface area is 123 Å². The first kappa shape index (κ1) is 14.4. The Hall–Kier alpha value is -1.70. The fourth-order valence-corrected chi connectivity index (χ4v) is 1.62. The average Bonchev–Trinajstić information content (AvgIpc) is 2.29. The number of hydrogen-bond donors (Lipinski definition) is 1. The van der Waals surface area contributed by atoms with Crippen LogP contribution in [-0.2, 0) is 0 Å². The molecular weight excluding hydrogens is 251 g/mol. The molecule has 88 valence electrons. The Bertz CT molecular complexity index is 643. The zero-order chi connectivity index (χ0) is 12.6. The number of phenolic OH excluding ortho intramolecular Hbond substituents is 1. The van der Waals surface area contributed by atoms with Gasteiger partial charge in [0.05, 0.1) is 21.3 Å². The van der Waals surface area contributed by atoms with Crippen LogP contribution in [0.5, 0.6) is 5.75 Å². The van der Waals surface area contributed by atoms with E-state index in [-0.39, 0.29) is 40.3 Å². The monoisotopic (exact) mass is 258 g/mol. The fourth-order valence-electron chi connectivity index (χ4n) is 1.62. The van der Waals surface area contributed by atoms with Crippen LogP contribution < -0.4 is 0 Å². The quantitative estimate of drug-likeness (QED) is 0.501. The molecule has 0 aliphatic heterocycles. The number of benzene rings is 2. The molecule has 0 heterocycles. The maximum atomic E-state index is 10.8. The summed E-state index contributed by atoms with van der Waals surface area (Å²) in [5, 5.41) is 31.4. The molecule has 0 spiro atoms. The van der Waals surface area contributed by atoms with E-state index in [2.05, 4.69) is 0 Å². The van der Waals surface area contributed by atoms with Crippen molar-refractivity contribution in [3.8, 4) is 5.75 Å². The van der Waals surface area contributed by atoms with Crippen molar-refractivity contribution >= 4 is 51.7 Å². The molecule has 0 unspecified atom stereocenters. The number of nitro groups is 2. The number of aromatic hydroxyl groups is 1. The van der Waals surface area contributed by atoms with Crippen molar-refractivity contribution in [3.05, 3.63) is 50.6 Å². The second-order valence-corrected chi connectivity index (χ2v) is 3.32. The van der Waals surface area contributed by atoms with Crippen molar-refractivity contribution in [3.63, 3.8) is 0 Å². The number of nitrogens with zero attached hydrogens (tertiary/aromatic N) is 2. The van der Waals surface area contributed by atoms with Crippen molar-refractivity contribution in [2.75, 3.05) is 0 Å². The molecule has 0 aliphatic carbocycles. The van der Waals surface area contributed by atoms with Gasteiger partial charge in [0.25, 0.3) is 5.69 Å². The predicted octanol–water partition coefficient (Wildman–Crippen LogP) is 1.71. The maximum absolute atomic E-state index is 10.8. The molecular formula is C10H7N2NaO5. The van der Waals surface area contributed by atoms with Gasteiger partial charge in [0.15, 0.2) is 0 Å². The molecule has 0 saturated heterocycles. The van der Waals surface area contributed by atoms with Crippen LogP contribution in [-0.4, -0.2) is 44.5 Å². The summed E-state index contributed by atoms with van der Waals surface area (Å²) in [4.78, 5) is 19.9. The normalized spacial score (nSPS) is 9.78. The standard InChI is InChI=1S/C10H6N2O5.Na.H/c13-10-7-4-2-1-3-6(7)8(11(14)15)5-9(10)12(16)17;;/h1-5,13H;;. The van der Waals surface area contributed by atoms with Crippen LogP contribution >= 0.6 is 0 Å². The van der Waals surface area contributed by atoms with Crippen LogP contribution in [0.25, 0.3) is 10.8 Å². The Morgan fingerprint density at radius 3 is 1.94 bits per heavy atom. The van der Waals surface area contributed by atoms with E-state index in [1.54, 1.807) is 6.07 Å². The summed E-state index contributed by atoms with van der Waals surface area (Å²) in [5.41, 5.74) is -1.07. The Morgan fingerprint density at radius 1 is 0.944 bits per heavy atom. The first-order valence-corrected chi connectivity index (χ1v) is 4.56. The first-order valence-electron chi connectivity index (χ1n) is 4.56. The van der Waals surface area contributed by atoms with E-state index in [4.69, 9.17) is 0 Å².